The average molecular weight is 374 g/mol. The van der Waals surface area contributed by atoms with Crippen molar-refractivity contribution in [3.63, 3.8) is 0 Å². The van der Waals surface area contributed by atoms with Gasteiger partial charge in [0.1, 0.15) is 5.82 Å². The number of anilines is 1. The maximum atomic E-state index is 12.0. The minimum absolute atomic E-state index is 0.0846. The van der Waals surface area contributed by atoms with Gasteiger partial charge in [-0.25, -0.2) is 4.98 Å². The van der Waals surface area contributed by atoms with Gasteiger partial charge in [-0.2, -0.15) is 0 Å². The van der Waals surface area contributed by atoms with E-state index in [4.69, 9.17) is 0 Å². The quantitative estimate of drug-likeness (QED) is 0.512. The molecule has 0 saturated carbocycles. The summed E-state index contributed by atoms with van der Waals surface area (Å²) in [7, 11) is 3.42. The van der Waals surface area contributed by atoms with Crippen molar-refractivity contribution in [2.45, 2.75) is 32.6 Å². The zero-order chi connectivity index (χ0) is 19.6. The van der Waals surface area contributed by atoms with Crippen molar-refractivity contribution in [1.82, 2.24) is 20.5 Å². The van der Waals surface area contributed by atoms with Crippen molar-refractivity contribution < 1.29 is 9.59 Å². The third kappa shape index (κ3) is 6.88. The molecule has 2 heterocycles. The van der Waals surface area contributed by atoms with Crippen molar-refractivity contribution in [1.29, 1.82) is 0 Å². The fourth-order valence-corrected chi connectivity index (χ4v) is 3.08. The van der Waals surface area contributed by atoms with Crippen molar-refractivity contribution in [2.24, 2.45) is 10.9 Å². The van der Waals surface area contributed by atoms with Gasteiger partial charge in [-0.15, -0.1) is 0 Å². The zero-order valence-electron chi connectivity index (χ0n) is 16.4. The van der Waals surface area contributed by atoms with E-state index in [-0.39, 0.29) is 11.8 Å². The summed E-state index contributed by atoms with van der Waals surface area (Å²) in [6, 6.07) is 3.71. The van der Waals surface area contributed by atoms with Crippen LogP contribution >= 0.6 is 0 Å². The summed E-state index contributed by atoms with van der Waals surface area (Å²) < 4.78 is 0. The molecular weight excluding hydrogens is 344 g/mol. The molecule has 3 N–H and O–H groups in total. The number of hydrogen-bond donors (Lipinski definition) is 3. The topological polar surface area (TPSA) is 98.7 Å². The van der Waals surface area contributed by atoms with Gasteiger partial charge in [0.25, 0.3) is 0 Å². The fraction of sp³-hybridized carbons (Fsp3) is 0.579. The summed E-state index contributed by atoms with van der Waals surface area (Å²) in [5.74, 6) is 1.80. The number of guanidine groups is 1. The van der Waals surface area contributed by atoms with Gasteiger partial charge in [-0.05, 0) is 37.3 Å². The van der Waals surface area contributed by atoms with Crippen LogP contribution in [0.1, 0.15) is 31.2 Å². The lowest BCUT2D eigenvalue weighted by Gasteiger charge is -2.34. The van der Waals surface area contributed by atoms with Gasteiger partial charge in [-0.1, -0.05) is 6.07 Å². The summed E-state index contributed by atoms with van der Waals surface area (Å²) in [6.45, 7) is 4.18. The van der Waals surface area contributed by atoms with Crippen molar-refractivity contribution >= 4 is 23.6 Å². The molecule has 0 bridgehead atoms. The molecule has 2 rings (SSSR count). The molecule has 8 nitrogen and oxygen atoms in total. The van der Waals surface area contributed by atoms with Crippen LogP contribution in [0.3, 0.4) is 0 Å². The second-order valence-electron chi connectivity index (χ2n) is 6.80. The molecule has 8 heteroatoms. The lowest BCUT2D eigenvalue weighted by Crippen LogP contribution is -2.46. The van der Waals surface area contributed by atoms with Crippen LogP contribution in [-0.2, 0) is 9.59 Å². The fourth-order valence-electron chi connectivity index (χ4n) is 3.08. The Kier molecular flexibility index (Phi) is 8.03. The van der Waals surface area contributed by atoms with Crippen molar-refractivity contribution in [3.05, 3.63) is 23.9 Å². The van der Waals surface area contributed by atoms with Crippen LogP contribution in [0.4, 0.5) is 5.82 Å². The monoisotopic (exact) mass is 374 g/mol. The molecule has 27 heavy (non-hydrogen) atoms. The third-order valence-corrected chi connectivity index (χ3v) is 4.69. The molecule has 1 saturated heterocycles. The first-order valence-corrected chi connectivity index (χ1v) is 9.40. The highest BCUT2D eigenvalue weighted by atomic mass is 16.2. The molecule has 2 amide bonds. The lowest BCUT2D eigenvalue weighted by molar-refractivity contribution is -0.121. The highest BCUT2D eigenvalue weighted by molar-refractivity contribution is 5.90. The molecule has 0 radical (unpaired) electrons. The molecule has 1 aromatic rings. The van der Waals surface area contributed by atoms with Gasteiger partial charge in [0, 0.05) is 52.8 Å². The number of carbonyl (C=O) groups excluding carboxylic acids is 2. The van der Waals surface area contributed by atoms with Gasteiger partial charge in [-0.3, -0.25) is 14.6 Å². The first kappa shape index (κ1) is 20.7. The predicted octanol–water partition coefficient (Wildman–Crippen LogP) is 1.14. The molecular formula is C19H30N6O2. The number of piperidine rings is 1. The van der Waals surface area contributed by atoms with Gasteiger partial charge >= 0.3 is 0 Å². The normalized spacial score (nSPS) is 15.4. The second-order valence-corrected chi connectivity index (χ2v) is 6.80. The van der Waals surface area contributed by atoms with Crippen molar-refractivity contribution in [3.8, 4) is 0 Å². The number of likely N-dealkylation sites (tertiary alicyclic amines) is 1. The SMILES string of the molecule is CN=C(NCCC(=O)Nc1ccc(C)cn1)N1CCC(CC(=O)NC)CC1. The van der Waals surface area contributed by atoms with Crippen LogP contribution in [-0.4, -0.2) is 61.4 Å². The largest absolute Gasteiger partial charge is 0.359 e. The Bertz CT molecular complexity index is 651. The van der Waals surface area contributed by atoms with E-state index in [1.165, 1.54) is 0 Å². The van der Waals surface area contributed by atoms with Gasteiger partial charge < -0.3 is 20.9 Å². The number of carbonyl (C=O) groups is 2. The molecule has 1 aliphatic heterocycles. The zero-order valence-corrected chi connectivity index (χ0v) is 16.4. The molecule has 1 aromatic heterocycles. The molecule has 0 unspecified atom stereocenters. The van der Waals surface area contributed by atoms with Gasteiger partial charge in [0.2, 0.25) is 11.8 Å². The summed E-state index contributed by atoms with van der Waals surface area (Å²) >= 11 is 0. The van der Waals surface area contributed by atoms with E-state index in [0.29, 0.717) is 31.1 Å². The third-order valence-electron chi connectivity index (χ3n) is 4.69. The Morgan fingerprint density at radius 2 is 2.00 bits per heavy atom. The predicted molar refractivity (Wildman–Crippen MR) is 107 cm³/mol. The molecule has 0 spiro atoms. The second kappa shape index (κ2) is 10.5. The standard InChI is InChI=1S/C19H30N6O2/c1-14-4-5-16(23-13-14)24-17(26)6-9-22-19(21-3)25-10-7-15(8-11-25)12-18(27)20-2/h4-5,13,15H,6-12H2,1-3H3,(H,20,27)(H,21,22)(H,23,24,26). The number of aryl methyl sites for hydroxylation is 1. The highest BCUT2D eigenvalue weighted by Gasteiger charge is 2.23. The average Bonchev–Trinajstić information content (AvgIpc) is 2.68. The van der Waals surface area contributed by atoms with Crippen LogP contribution < -0.4 is 16.0 Å². The van der Waals surface area contributed by atoms with Crippen LogP contribution in [0.2, 0.25) is 0 Å². The Hall–Kier alpha value is -2.64. The maximum Gasteiger partial charge on any atom is 0.227 e. The van der Waals surface area contributed by atoms with E-state index in [1.54, 1.807) is 26.4 Å². The van der Waals surface area contributed by atoms with E-state index in [1.807, 2.05) is 13.0 Å². The number of aromatic nitrogens is 1. The Morgan fingerprint density at radius 3 is 2.59 bits per heavy atom. The first-order chi connectivity index (χ1) is 13.0. The highest BCUT2D eigenvalue weighted by Crippen LogP contribution is 2.20. The lowest BCUT2D eigenvalue weighted by atomic mass is 9.93. The Labute approximate surface area is 160 Å². The summed E-state index contributed by atoms with van der Waals surface area (Å²) in [5.41, 5.74) is 1.05. The maximum absolute atomic E-state index is 12.0. The number of hydrogen-bond acceptors (Lipinski definition) is 4. The van der Waals surface area contributed by atoms with E-state index in [9.17, 15) is 9.59 Å². The number of aliphatic imine (C=N–C) groups is 1. The van der Waals surface area contributed by atoms with E-state index in [0.717, 1.165) is 37.5 Å². The van der Waals surface area contributed by atoms with Crippen LogP contribution in [0.5, 0.6) is 0 Å². The van der Waals surface area contributed by atoms with Crippen LogP contribution in [0, 0.1) is 12.8 Å². The number of rotatable bonds is 6. The van der Waals surface area contributed by atoms with Crippen LogP contribution in [0.15, 0.2) is 23.3 Å². The summed E-state index contributed by atoms with van der Waals surface area (Å²) in [5, 5.41) is 8.72. The van der Waals surface area contributed by atoms with Gasteiger partial charge in [0.15, 0.2) is 5.96 Å². The molecule has 1 aliphatic rings. The minimum Gasteiger partial charge on any atom is -0.359 e. The minimum atomic E-state index is -0.0846. The van der Waals surface area contributed by atoms with Crippen LogP contribution in [0.25, 0.3) is 0 Å². The molecule has 148 valence electrons. The molecule has 1 fully saturated rings. The van der Waals surface area contributed by atoms with Crippen molar-refractivity contribution in [2.75, 3.05) is 39.0 Å². The van der Waals surface area contributed by atoms with E-state index < -0.39 is 0 Å². The number of nitrogens with one attached hydrogen (secondary N) is 3. The molecule has 0 atom stereocenters. The Morgan fingerprint density at radius 1 is 1.26 bits per heavy atom. The number of nitrogens with zero attached hydrogens (tertiary/aromatic N) is 3. The van der Waals surface area contributed by atoms with Gasteiger partial charge in [0.05, 0.1) is 0 Å². The molecule has 0 aliphatic carbocycles. The Balaban J connectivity index is 1.70. The smallest absolute Gasteiger partial charge is 0.227 e. The number of amides is 2. The van der Waals surface area contributed by atoms with E-state index >= 15 is 0 Å². The summed E-state index contributed by atoms with van der Waals surface area (Å²) in [4.78, 5) is 34.2. The molecule has 0 aromatic carbocycles. The summed E-state index contributed by atoms with van der Waals surface area (Å²) in [6.07, 6.45) is 4.58. The van der Waals surface area contributed by atoms with E-state index in [2.05, 4.69) is 30.8 Å². The number of pyridine rings is 1. The first-order valence-electron chi connectivity index (χ1n) is 9.40.